The minimum Gasteiger partial charge on any atom is -0.379 e. The lowest BCUT2D eigenvalue weighted by Crippen LogP contribution is -2.40. The Labute approximate surface area is 134 Å². The standard InChI is InChI=1S/C18H29N3O/c1-3-19-18(20-12-11-16-7-5-4-6-8-16)21(2)13-14-22-15-17-9-10-17/h4-8,17H,3,9-15H2,1-2H3,(H,19,20). The molecule has 1 fully saturated rings. The van der Waals surface area contributed by atoms with Crippen LogP contribution in [-0.2, 0) is 11.2 Å². The predicted molar refractivity (Wildman–Crippen MR) is 92.3 cm³/mol. The van der Waals surface area contributed by atoms with Crippen LogP contribution in [0, 0.1) is 5.92 Å². The van der Waals surface area contributed by atoms with Gasteiger partial charge in [-0.3, -0.25) is 4.99 Å². The molecule has 4 nitrogen and oxygen atoms in total. The zero-order valence-electron chi connectivity index (χ0n) is 13.9. The quantitative estimate of drug-likeness (QED) is 0.433. The van der Waals surface area contributed by atoms with Crippen molar-refractivity contribution in [2.24, 2.45) is 10.9 Å². The van der Waals surface area contributed by atoms with Crippen molar-refractivity contribution >= 4 is 5.96 Å². The van der Waals surface area contributed by atoms with E-state index in [-0.39, 0.29) is 0 Å². The summed E-state index contributed by atoms with van der Waals surface area (Å²) < 4.78 is 5.71. The van der Waals surface area contributed by atoms with Crippen molar-refractivity contribution in [2.75, 3.05) is 39.9 Å². The van der Waals surface area contributed by atoms with Crippen LogP contribution in [0.5, 0.6) is 0 Å². The number of benzene rings is 1. The maximum atomic E-state index is 5.71. The molecule has 0 spiro atoms. The van der Waals surface area contributed by atoms with Crippen LogP contribution in [0.1, 0.15) is 25.3 Å². The van der Waals surface area contributed by atoms with Gasteiger partial charge in [-0.2, -0.15) is 0 Å². The molecule has 0 atom stereocenters. The summed E-state index contributed by atoms with van der Waals surface area (Å²) in [7, 11) is 2.07. The number of aliphatic imine (C=N–C) groups is 1. The topological polar surface area (TPSA) is 36.9 Å². The highest BCUT2D eigenvalue weighted by molar-refractivity contribution is 5.79. The van der Waals surface area contributed by atoms with E-state index in [0.29, 0.717) is 0 Å². The molecule has 0 aliphatic heterocycles. The van der Waals surface area contributed by atoms with E-state index in [4.69, 9.17) is 9.73 Å². The van der Waals surface area contributed by atoms with Crippen LogP contribution in [0.4, 0.5) is 0 Å². The number of hydrogen-bond donors (Lipinski definition) is 1. The van der Waals surface area contributed by atoms with Gasteiger partial charge in [0.15, 0.2) is 5.96 Å². The monoisotopic (exact) mass is 303 g/mol. The van der Waals surface area contributed by atoms with Crippen LogP contribution in [0.25, 0.3) is 0 Å². The summed E-state index contributed by atoms with van der Waals surface area (Å²) in [6.45, 7) is 6.37. The Bertz CT molecular complexity index is 443. The number of ether oxygens (including phenoxy) is 1. The zero-order valence-corrected chi connectivity index (χ0v) is 13.9. The fourth-order valence-electron chi connectivity index (χ4n) is 2.25. The van der Waals surface area contributed by atoms with E-state index in [2.05, 4.69) is 48.5 Å². The van der Waals surface area contributed by atoms with E-state index in [0.717, 1.165) is 51.1 Å². The number of nitrogens with one attached hydrogen (secondary N) is 1. The Hall–Kier alpha value is -1.55. The van der Waals surface area contributed by atoms with E-state index in [9.17, 15) is 0 Å². The second-order valence-electron chi connectivity index (χ2n) is 5.91. The molecular weight excluding hydrogens is 274 g/mol. The average molecular weight is 303 g/mol. The maximum absolute atomic E-state index is 5.71. The van der Waals surface area contributed by atoms with E-state index >= 15 is 0 Å². The average Bonchev–Trinajstić information content (AvgIpc) is 3.36. The van der Waals surface area contributed by atoms with Gasteiger partial charge >= 0.3 is 0 Å². The summed E-state index contributed by atoms with van der Waals surface area (Å²) in [5.74, 6) is 1.80. The van der Waals surface area contributed by atoms with E-state index in [1.165, 1.54) is 18.4 Å². The van der Waals surface area contributed by atoms with Crippen molar-refractivity contribution in [3.8, 4) is 0 Å². The van der Waals surface area contributed by atoms with Gasteiger partial charge < -0.3 is 15.0 Å². The third kappa shape index (κ3) is 6.48. The Morgan fingerprint density at radius 2 is 2.09 bits per heavy atom. The van der Waals surface area contributed by atoms with Crippen molar-refractivity contribution in [3.63, 3.8) is 0 Å². The summed E-state index contributed by atoms with van der Waals surface area (Å²) in [4.78, 5) is 6.86. The van der Waals surface area contributed by atoms with Crippen molar-refractivity contribution in [1.29, 1.82) is 0 Å². The number of rotatable bonds is 9. The number of nitrogens with zero attached hydrogens (tertiary/aromatic N) is 2. The van der Waals surface area contributed by atoms with Crippen molar-refractivity contribution < 1.29 is 4.74 Å². The summed E-state index contributed by atoms with van der Waals surface area (Å²) in [6, 6.07) is 10.5. The molecule has 0 amide bonds. The van der Waals surface area contributed by atoms with Crippen molar-refractivity contribution in [1.82, 2.24) is 10.2 Å². The molecule has 1 saturated carbocycles. The van der Waals surface area contributed by atoms with Gasteiger partial charge in [-0.1, -0.05) is 30.3 Å². The van der Waals surface area contributed by atoms with Gasteiger partial charge in [0.2, 0.25) is 0 Å². The highest BCUT2D eigenvalue weighted by atomic mass is 16.5. The van der Waals surface area contributed by atoms with Crippen molar-refractivity contribution in [3.05, 3.63) is 35.9 Å². The minimum absolute atomic E-state index is 0.774. The molecule has 1 aliphatic carbocycles. The molecule has 0 radical (unpaired) electrons. The molecule has 2 rings (SSSR count). The zero-order chi connectivity index (χ0) is 15.6. The summed E-state index contributed by atoms with van der Waals surface area (Å²) in [6.07, 6.45) is 3.67. The molecule has 0 unspecified atom stereocenters. The SMILES string of the molecule is CCNC(=NCCc1ccccc1)N(C)CCOCC1CC1. The molecule has 1 aromatic rings. The van der Waals surface area contributed by atoms with Gasteiger partial charge in [0.05, 0.1) is 6.61 Å². The molecule has 122 valence electrons. The molecular formula is C18H29N3O. The minimum atomic E-state index is 0.774. The smallest absolute Gasteiger partial charge is 0.193 e. The fraction of sp³-hybridized carbons (Fsp3) is 0.611. The normalized spacial score (nSPS) is 14.9. The van der Waals surface area contributed by atoms with Gasteiger partial charge in [-0.05, 0) is 37.7 Å². The van der Waals surface area contributed by atoms with Gasteiger partial charge in [0.25, 0.3) is 0 Å². The van der Waals surface area contributed by atoms with Gasteiger partial charge in [-0.15, -0.1) is 0 Å². The first-order chi connectivity index (χ1) is 10.8. The highest BCUT2D eigenvalue weighted by Crippen LogP contribution is 2.28. The van der Waals surface area contributed by atoms with Crippen LogP contribution >= 0.6 is 0 Å². The van der Waals surface area contributed by atoms with Crippen LogP contribution in [0.3, 0.4) is 0 Å². The predicted octanol–water partition coefficient (Wildman–Crippen LogP) is 2.55. The van der Waals surface area contributed by atoms with E-state index in [1.54, 1.807) is 0 Å². The first-order valence-electron chi connectivity index (χ1n) is 8.40. The molecule has 4 heteroatoms. The number of likely N-dealkylation sites (N-methyl/N-ethyl adjacent to an activating group) is 1. The Balaban J connectivity index is 1.72. The van der Waals surface area contributed by atoms with Crippen LogP contribution in [-0.4, -0.2) is 50.8 Å². The molecule has 0 saturated heterocycles. The second kappa shape index (κ2) is 9.46. The van der Waals surface area contributed by atoms with Gasteiger partial charge in [-0.25, -0.2) is 0 Å². The summed E-state index contributed by atoms with van der Waals surface area (Å²) in [5.41, 5.74) is 1.33. The molecule has 0 heterocycles. The summed E-state index contributed by atoms with van der Waals surface area (Å²) >= 11 is 0. The third-order valence-corrected chi connectivity index (χ3v) is 3.82. The highest BCUT2D eigenvalue weighted by Gasteiger charge is 2.21. The van der Waals surface area contributed by atoms with Crippen LogP contribution in [0.15, 0.2) is 35.3 Å². The lowest BCUT2D eigenvalue weighted by molar-refractivity contribution is 0.115. The van der Waals surface area contributed by atoms with Crippen LogP contribution in [0.2, 0.25) is 0 Å². The van der Waals surface area contributed by atoms with Gasteiger partial charge in [0, 0.05) is 33.3 Å². The van der Waals surface area contributed by atoms with Crippen LogP contribution < -0.4 is 5.32 Å². The van der Waals surface area contributed by atoms with E-state index < -0.39 is 0 Å². The number of hydrogen-bond acceptors (Lipinski definition) is 2. The summed E-state index contributed by atoms with van der Waals surface area (Å²) in [5, 5.41) is 3.35. The molecule has 0 bridgehead atoms. The fourth-order valence-corrected chi connectivity index (χ4v) is 2.25. The number of guanidine groups is 1. The molecule has 0 aromatic heterocycles. The third-order valence-electron chi connectivity index (χ3n) is 3.82. The van der Waals surface area contributed by atoms with Crippen molar-refractivity contribution in [2.45, 2.75) is 26.2 Å². The lowest BCUT2D eigenvalue weighted by Gasteiger charge is -2.22. The molecule has 1 N–H and O–H groups in total. The first-order valence-corrected chi connectivity index (χ1v) is 8.40. The second-order valence-corrected chi connectivity index (χ2v) is 5.91. The van der Waals surface area contributed by atoms with Gasteiger partial charge in [0.1, 0.15) is 0 Å². The lowest BCUT2D eigenvalue weighted by atomic mass is 10.2. The first kappa shape index (κ1) is 16.8. The largest absolute Gasteiger partial charge is 0.379 e. The Morgan fingerprint density at radius 3 is 2.77 bits per heavy atom. The molecule has 22 heavy (non-hydrogen) atoms. The maximum Gasteiger partial charge on any atom is 0.193 e. The Morgan fingerprint density at radius 1 is 1.32 bits per heavy atom. The molecule has 1 aromatic carbocycles. The molecule has 1 aliphatic rings. The Kier molecular flexibility index (Phi) is 7.23. The van der Waals surface area contributed by atoms with E-state index in [1.807, 2.05) is 6.07 Å².